The van der Waals surface area contributed by atoms with E-state index in [9.17, 15) is 0 Å². The van der Waals surface area contributed by atoms with E-state index in [1.807, 2.05) is 13.2 Å². The van der Waals surface area contributed by atoms with Gasteiger partial charge in [-0.25, -0.2) is 9.97 Å². The zero-order valence-electron chi connectivity index (χ0n) is 7.88. The van der Waals surface area contributed by atoms with Crippen LogP contribution in [0.3, 0.4) is 0 Å². The van der Waals surface area contributed by atoms with Crippen LogP contribution in [0.25, 0.3) is 17.5 Å². The van der Waals surface area contributed by atoms with Gasteiger partial charge in [-0.05, 0) is 0 Å². The minimum absolute atomic E-state index is 0.684. The summed E-state index contributed by atoms with van der Waals surface area (Å²) in [6.45, 7) is 3.64. The fourth-order valence-electron chi connectivity index (χ4n) is 1.13. The van der Waals surface area contributed by atoms with E-state index in [2.05, 4.69) is 21.6 Å². The largest absolute Gasteiger partial charge is 0.275 e. The van der Waals surface area contributed by atoms with Crippen molar-refractivity contribution in [2.45, 2.75) is 0 Å². The lowest BCUT2D eigenvalue weighted by molar-refractivity contribution is 0.768. The zero-order valence-corrected chi connectivity index (χ0v) is 7.88. The smallest absolute Gasteiger partial charge is 0.162 e. The van der Waals surface area contributed by atoms with Crippen LogP contribution in [-0.4, -0.2) is 19.7 Å². The van der Waals surface area contributed by atoms with E-state index in [4.69, 9.17) is 0 Å². The van der Waals surface area contributed by atoms with Gasteiger partial charge >= 0.3 is 0 Å². The molecule has 0 radical (unpaired) electrons. The van der Waals surface area contributed by atoms with Crippen LogP contribution in [0.4, 0.5) is 0 Å². The van der Waals surface area contributed by atoms with Crippen LogP contribution < -0.4 is 0 Å². The van der Waals surface area contributed by atoms with Crippen LogP contribution in [0.15, 0.2) is 31.4 Å². The van der Waals surface area contributed by atoms with Crippen molar-refractivity contribution in [1.29, 1.82) is 0 Å². The molecule has 0 aromatic carbocycles. The highest BCUT2D eigenvalue weighted by atomic mass is 15.2. The van der Waals surface area contributed by atoms with E-state index >= 15 is 0 Å². The summed E-state index contributed by atoms with van der Waals surface area (Å²) in [6, 6.07) is 0. The Morgan fingerprint density at radius 3 is 2.50 bits per heavy atom. The molecule has 14 heavy (non-hydrogen) atoms. The summed E-state index contributed by atoms with van der Waals surface area (Å²) in [5, 5.41) is 4.05. The molecule has 0 atom stereocenters. The SMILES string of the molecule is C=Cc1cnc(-c2cnn(C)c2)nc1. The van der Waals surface area contributed by atoms with Gasteiger partial charge in [0.15, 0.2) is 5.82 Å². The first-order valence-electron chi connectivity index (χ1n) is 4.23. The molecule has 2 aromatic rings. The lowest BCUT2D eigenvalue weighted by Gasteiger charge is -1.95. The Labute approximate surface area is 81.9 Å². The Morgan fingerprint density at radius 2 is 2.00 bits per heavy atom. The number of aromatic nitrogens is 4. The predicted molar refractivity (Wildman–Crippen MR) is 54.3 cm³/mol. The third-order valence-corrected chi connectivity index (χ3v) is 1.87. The molecule has 0 saturated carbocycles. The summed E-state index contributed by atoms with van der Waals surface area (Å²) in [4.78, 5) is 8.39. The van der Waals surface area contributed by atoms with Crippen molar-refractivity contribution >= 4 is 6.08 Å². The lowest BCUT2D eigenvalue weighted by Crippen LogP contribution is -1.88. The Hall–Kier alpha value is -1.97. The minimum Gasteiger partial charge on any atom is -0.275 e. The van der Waals surface area contributed by atoms with E-state index in [1.54, 1.807) is 29.3 Å². The summed E-state index contributed by atoms with van der Waals surface area (Å²) >= 11 is 0. The highest BCUT2D eigenvalue weighted by Crippen LogP contribution is 2.12. The average molecular weight is 186 g/mol. The quantitative estimate of drug-likeness (QED) is 0.714. The monoisotopic (exact) mass is 186 g/mol. The maximum atomic E-state index is 4.20. The number of hydrogen-bond donors (Lipinski definition) is 0. The predicted octanol–water partition coefficient (Wildman–Crippen LogP) is 1.52. The van der Waals surface area contributed by atoms with Crippen molar-refractivity contribution in [3.05, 3.63) is 36.9 Å². The molecule has 0 aliphatic rings. The molecule has 0 N–H and O–H groups in total. The molecule has 0 fully saturated rings. The third kappa shape index (κ3) is 1.54. The second kappa shape index (κ2) is 3.41. The molecule has 4 nitrogen and oxygen atoms in total. The highest BCUT2D eigenvalue weighted by molar-refractivity contribution is 5.53. The van der Waals surface area contributed by atoms with E-state index in [-0.39, 0.29) is 0 Å². The number of hydrogen-bond acceptors (Lipinski definition) is 3. The fourth-order valence-corrected chi connectivity index (χ4v) is 1.13. The first kappa shape index (κ1) is 8.62. The number of aryl methyl sites for hydroxylation is 1. The van der Waals surface area contributed by atoms with E-state index in [1.165, 1.54) is 0 Å². The Balaban J connectivity index is 2.38. The fraction of sp³-hybridized carbons (Fsp3) is 0.100. The first-order chi connectivity index (χ1) is 6.79. The van der Waals surface area contributed by atoms with Gasteiger partial charge in [-0.2, -0.15) is 5.10 Å². The molecule has 2 heterocycles. The number of nitrogens with zero attached hydrogens (tertiary/aromatic N) is 4. The third-order valence-electron chi connectivity index (χ3n) is 1.87. The molecule has 0 unspecified atom stereocenters. The van der Waals surface area contributed by atoms with Gasteiger partial charge in [0.25, 0.3) is 0 Å². The van der Waals surface area contributed by atoms with Crippen LogP contribution in [0, 0.1) is 0 Å². The lowest BCUT2D eigenvalue weighted by atomic mass is 10.3. The topological polar surface area (TPSA) is 43.6 Å². The molecular weight excluding hydrogens is 176 g/mol. The molecule has 0 amide bonds. The van der Waals surface area contributed by atoms with Crippen LogP contribution in [-0.2, 0) is 7.05 Å². The molecule has 0 saturated heterocycles. The molecule has 2 rings (SSSR count). The van der Waals surface area contributed by atoms with Gasteiger partial charge in [0, 0.05) is 31.2 Å². The summed E-state index contributed by atoms with van der Waals surface area (Å²) < 4.78 is 1.72. The molecule has 0 aliphatic heterocycles. The van der Waals surface area contributed by atoms with E-state index < -0.39 is 0 Å². The van der Waals surface area contributed by atoms with Gasteiger partial charge in [0.2, 0.25) is 0 Å². The molecular formula is C10H10N4. The molecule has 0 aliphatic carbocycles. The van der Waals surface area contributed by atoms with Crippen molar-refractivity contribution in [2.75, 3.05) is 0 Å². The summed E-state index contributed by atoms with van der Waals surface area (Å²) in [6.07, 6.45) is 8.81. The second-order valence-electron chi connectivity index (χ2n) is 2.95. The average Bonchev–Trinajstić information content (AvgIpc) is 2.65. The van der Waals surface area contributed by atoms with Crippen LogP contribution >= 0.6 is 0 Å². The molecule has 2 aromatic heterocycles. The summed E-state index contributed by atoms with van der Waals surface area (Å²) in [5.74, 6) is 0.684. The molecule has 4 heteroatoms. The van der Waals surface area contributed by atoms with E-state index in [0.717, 1.165) is 11.1 Å². The van der Waals surface area contributed by atoms with Gasteiger partial charge in [0.1, 0.15) is 0 Å². The minimum atomic E-state index is 0.684. The highest BCUT2D eigenvalue weighted by Gasteiger charge is 2.02. The molecule has 0 bridgehead atoms. The second-order valence-corrected chi connectivity index (χ2v) is 2.95. The van der Waals surface area contributed by atoms with Gasteiger partial charge in [-0.15, -0.1) is 0 Å². The van der Waals surface area contributed by atoms with Crippen molar-refractivity contribution in [3.8, 4) is 11.4 Å². The van der Waals surface area contributed by atoms with E-state index in [0.29, 0.717) is 5.82 Å². The van der Waals surface area contributed by atoms with Crippen molar-refractivity contribution in [3.63, 3.8) is 0 Å². The number of rotatable bonds is 2. The summed E-state index contributed by atoms with van der Waals surface area (Å²) in [5.41, 5.74) is 1.83. The van der Waals surface area contributed by atoms with Crippen LogP contribution in [0.1, 0.15) is 5.56 Å². The van der Waals surface area contributed by atoms with Crippen LogP contribution in [0.5, 0.6) is 0 Å². The van der Waals surface area contributed by atoms with Gasteiger partial charge < -0.3 is 0 Å². The van der Waals surface area contributed by atoms with Crippen molar-refractivity contribution in [2.24, 2.45) is 7.05 Å². The maximum Gasteiger partial charge on any atom is 0.162 e. The van der Waals surface area contributed by atoms with Crippen molar-refractivity contribution < 1.29 is 0 Å². The standard InChI is InChI=1S/C10H10N4/c1-3-8-4-11-10(12-5-8)9-6-13-14(2)7-9/h3-7H,1H2,2H3. The molecule has 70 valence electrons. The zero-order chi connectivity index (χ0) is 9.97. The maximum absolute atomic E-state index is 4.20. The summed E-state index contributed by atoms with van der Waals surface area (Å²) in [7, 11) is 1.86. The Kier molecular flexibility index (Phi) is 2.10. The van der Waals surface area contributed by atoms with Gasteiger partial charge in [-0.3, -0.25) is 4.68 Å². The normalized spacial score (nSPS) is 10.1. The Bertz CT molecular complexity index is 441. The van der Waals surface area contributed by atoms with Gasteiger partial charge in [0.05, 0.1) is 11.8 Å². The van der Waals surface area contributed by atoms with Crippen LogP contribution in [0.2, 0.25) is 0 Å². The van der Waals surface area contributed by atoms with Gasteiger partial charge in [-0.1, -0.05) is 12.7 Å². The molecule has 0 spiro atoms. The van der Waals surface area contributed by atoms with Crippen molar-refractivity contribution in [1.82, 2.24) is 19.7 Å². The first-order valence-corrected chi connectivity index (χ1v) is 4.23. The Morgan fingerprint density at radius 1 is 1.29 bits per heavy atom.